The van der Waals surface area contributed by atoms with E-state index < -0.39 is 0 Å². The molecule has 12 heavy (non-hydrogen) atoms. The molecule has 4 N–H and O–H groups in total. The van der Waals surface area contributed by atoms with Crippen LogP contribution in [0.25, 0.3) is 0 Å². The van der Waals surface area contributed by atoms with E-state index in [-0.39, 0.29) is 6.10 Å². The van der Waals surface area contributed by atoms with Crippen molar-refractivity contribution in [3.63, 3.8) is 0 Å². The second-order valence-corrected chi connectivity index (χ2v) is 3.78. The second-order valence-electron chi connectivity index (χ2n) is 2.78. The third-order valence-corrected chi connectivity index (χ3v) is 2.44. The van der Waals surface area contributed by atoms with Crippen LogP contribution in [0.15, 0.2) is 11.4 Å². The van der Waals surface area contributed by atoms with Gasteiger partial charge in [0.1, 0.15) is 0 Å². The van der Waals surface area contributed by atoms with Crippen molar-refractivity contribution in [3.8, 4) is 0 Å². The maximum atomic E-state index is 8.96. The minimum Gasteiger partial charge on any atom is -0.398 e. The van der Waals surface area contributed by atoms with Crippen molar-refractivity contribution >= 4 is 17.0 Å². The maximum absolute atomic E-state index is 8.96. The number of rotatable bonds is 4. The van der Waals surface area contributed by atoms with Gasteiger partial charge in [-0.05, 0) is 18.4 Å². The standard InChI is InChI=1S/C8H14N2OS/c1-6(11)4-10-5-8-7(9)2-3-12-8/h2-3,6,10-11H,4-5,9H2,1H3. The molecule has 3 nitrogen and oxygen atoms in total. The summed E-state index contributed by atoms with van der Waals surface area (Å²) in [6.07, 6.45) is -0.300. The Morgan fingerprint density at radius 1 is 1.75 bits per heavy atom. The highest BCUT2D eigenvalue weighted by molar-refractivity contribution is 7.10. The Balaban J connectivity index is 2.29. The van der Waals surface area contributed by atoms with Crippen LogP contribution in [0.2, 0.25) is 0 Å². The average Bonchev–Trinajstić information content (AvgIpc) is 2.36. The molecule has 4 heteroatoms. The fourth-order valence-corrected chi connectivity index (χ4v) is 1.66. The number of aliphatic hydroxyl groups is 1. The third-order valence-electron chi connectivity index (χ3n) is 1.51. The van der Waals surface area contributed by atoms with Gasteiger partial charge in [0.2, 0.25) is 0 Å². The van der Waals surface area contributed by atoms with Crippen LogP contribution in [0.1, 0.15) is 11.8 Å². The quantitative estimate of drug-likeness (QED) is 0.652. The van der Waals surface area contributed by atoms with Crippen LogP contribution in [0, 0.1) is 0 Å². The third kappa shape index (κ3) is 2.81. The van der Waals surface area contributed by atoms with Crippen LogP contribution in [0.5, 0.6) is 0 Å². The number of hydrogen-bond acceptors (Lipinski definition) is 4. The largest absolute Gasteiger partial charge is 0.398 e. The summed E-state index contributed by atoms with van der Waals surface area (Å²) in [5.41, 5.74) is 6.50. The minimum atomic E-state index is -0.300. The van der Waals surface area contributed by atoms with E-state index in [1.165, 1.54) is 0 Å². The minimum absolute atomic E-state index is 0.300. The topological polar surface area (TPSA) is 58.3 Å². The number of anilines is 1. The van der Waals surface area contributed by atoms with E-state index in [9.17, 15) is 0 Å². The number of aliphatic hydroxyl groups excluding tert-OH is 1. The molecule has 1 atom stereocenters. The summed E-state index contributed by atoms with van der Waals surface area (Å²) in [4.78, 5) is 1.13. The predicted molar refractivity (Wildman–Crippen MR) is 52.1 cm³/mol. The van der Waals surface area contributed by atoms with E-state index in [1.807, 2.05) is 11.4 Å². The zero-order valence-corrected chi connectivity index (χ0v) is 7.90. The molecule has 68 valence electrons. The fourth-order valence-electron chi connectivity index (χ4n) is 0.889. The van der Waals surface area contributed by atoms with E-state index in [1.54, 1.807) is 18.3 Å². The molecule has 1 rings (SSSR count). The lowest BCUT2D eigenvalue weighted by molar-refractivity contribution is 0.191. The maximum Gasteiger partial charge on any atom is 0.0636 e. The number of nitrogen functional groups attached to an aromatic ring is 1. The van der Waals surface area contributed by atoms with Crippen molar-refractivity contribution < 1.29 is 5.11 Å². The van der Waals surface area contributed by atoms with Gasteiger partial charge in [0, 0.05) is 23.7 Å². The van der Waals surface area contributed by atoms with Crippen molar-refractivity contribution in [2.75, 3.05) is 12.3 Å². The Kier molecular flexibility index (Phi) is 3.52. The van der Waals surface area contributed by atoms with Crippen molar-refractivity contribution in [1.29, 1.82) is 0 Å². The Labute approximate surface area is 76.2 Å². The molecule has 1 heterocycles. The van der Waals surface area contributed by atoms with Gasteiger partial charge in [0.05, 0.1) is 6.10 Å². The first-order valence-corrected chi connectivity index (χ1v) is 4.78. The smallest absolute Gasteiger partial charge is 0.0636 e. The highest BCUT2D eigenvalue weighted by Crippen LogP contribution is 2.17. The molecule has 1 aromatic heterocycles. The highest BCUT2D eigenvalue weighted by atomic mass is 32.1. The predicted octanol–water partition coefficient (Wildman–Crippen LogP) is 0.801. The fraction of sp³-hybridized carbons (Fsp3) is 0.500. The Morgan fingerprint density at radius 3 is 3.00 bits per heavy atom. The normalized spacial score (nSPS) is 13.2. The van der Waals surface area contributed by atoms with Gasteiger partial charge in [-0.1, -0.05) is 0 Å². The van der Waals surface area contributed by atoms with E-state index >= 15 is 0 Å². The molecule has 0 aliphatic rings. The first-order chi connectivity index (χ1) is 5.70. The van der Waals surface area contributed by atoms with Gasteiger partial charge in [-0.2, -0.15) is 0 Å². The molecule has 0 amide bonds. The molecule has 0 aromatic carbocycles. The first-order valence-electron chi connectivity index (χ1n) is 3.90. The van der Waals surface area contributed by atoms with Crippen LogP contribution in [0.4, 0.5) is 5.69 Å². The summed E-state index contributed by atoms with van der Waals surface area (Å²) in [5.74, 6) is 0. The van der Waals surface area contributed by atoms with Crippen LogP contribution in [-0.4, -0.2) is 17.8 Å². The first kappa shape index (κ1) is 9.51. The van der Waals surface area contributed by atoms with E-state index in [0.29, 0.717) is 6.54 Å². The van der Waals surface area contributed by atoms with Crippen LogP contribution < -0.4 is 11.1 Å². The number of nitrogens with two attached hydrogens (primary N) is 1. The molecule has 1 aromatic rings. The Bertz CT molecular complexity index is 235. The van der Waals surface area contributed by atoms with Crippen LogP contribution >= 0.6 is 11.3 Å². The zero-order chi connectivity index (χ0) is 8.97. The lowest BCUT2D eigenvalue weighted by Crippen LogP contribution is -2.23. The monoisotopic (exact) mass is 186 g/mol. The number of hydrogen-bond donors (Lipinski definition) is 3. The SMILES string of the molecule is CC(O)CNCc1sccc1N. The average molecular weight is 186 g/mol. The van der Waals surface area contributed by atoms with E-state index in [0.717, 1.165) is 17.1 Å². The van der Waals surface area contributed by atoms with Gasteiger partial charge in [-0.3, -0.25) is 0 Å². The van der Waals surface area contributed by atoms with Gasteiger partial charge < -0.3 is 16.2 Å². The van der Waals surface area contributed by atoms with Gasteiger partial charge in [-0.15, -0.1) is 11.3 Å². The number of nitrogens with one attached hydrogen (secondary N) is 1. The van der Waals surface area contributed by atoms with Gasteiger partial charge in [0.15, 0.2) is 0 Å². The molecular formula is C8H14N2OS. The summed E-state index contributed by atoms with van der Waals surface area (Å²) in [6.45, 7) is 3.11. The summed E-state index contributed by atoms with van der Waals surface area (Å²) < 4.78 is 0. The zero-order valence-electron chi connectivity index (χ0n) is 7.08. The molecular weight excluding hydrogens is 172 g/mol. The summed E-state index contributed by atoms with van der Waals surface area (Å²) in [7, 11) is 0. The van der Waals surface area contributed by atoms with Gasteiger partial charge >= 0.3 is 0 Å². The summed E-state index contributed by atoms with van der Waals surface area (Å²) >= 11 is 1.63. The number of thiophene rings is 1. The summed E-state index contributed by atoms with van der Waals surface area (Å²) in [6, 6.07) is 1.89. The van der Waals surface area contributed by atoms with Crippen molar-refractivity contribution in [2.45, 2.75) is 19.6 Å². The van der Waals surface area contributed by atoms with E-state index in [4.69, 9.17) is 10.8 Å². The molecule has 0 saturated carbocycles. The van der Waals surface area contributed by atoms with E-state index in [2.05, 4.69) is 5.32 Å². The van der Waals surface area contributed by atoms with Crippen LogP contribution in [0.3, 0.4) is 0 Å². The molecule has 1 unspecified atom stereocenters. The molecule has 0 aliphatic heterocycles. The lowest BCUT2D eigenvalue weighted by atomic mass is 10.3. The van der Waals surface area contributed by atoms with Crippen molar-refractivity contribution in [2.24, 2.45) is 0 Å². The Hall–Kier alpha value is -0.580. The molecule has 0 fully saturated rings. The van der Waals surface area contributed by atoms with Gasteiger partial charge in [0.25, 0.3) is 0 Å². The molecule has 0 bridgehead atoms. The Morgan fingerprint density at radius 2 is 2.50 bits per heavy atom. The molecule has 0 saturated heterocycles. The van der Waals surface area contributed by atoms with Crippen molar-refractivity contribution in [1.82, 2.24) is 5.32 Å². The highest BCUT2D eigenvalue weighted by Gasteiger charge is 2.00. The second kappa shape index (κ2) is 4.45. The molecule has 0 spiro atoms. The summed E-state index contributed by atoms with van der Waals surface area (Å²) in [5, 5.41) is 14.0. The van der Waals surface area contributed by atoms with Crippen molar-refractivity contribution in [3.05, 3.63) is 16.3 Å². The molecule has 0 aliphatic carbocycles. The molecule has 0 radical (unpaired) electrons. The van der Waals surface area contributed by atoms with Gasteiger partial charge in [-0.25, -0.2) is 0 Å². The van der Waals surface area contributed by atoms with Crippen LogP contribution in [-0.2, 0) is 6.54 Å². The lowest BCUT2D eigenvalue weighted by Gasteiger charge is -2.05.